The maximum atomic E-state index is 6.74. The minimum absolute atomic E-state index is 0.187. The summed E-state index contributed by atoms with van der Waals surface area (Å²) in [5, 5.41) is 5.23. The third-order valence-electron chi connectivity index (χ3n) is 4.14. The van der Waals surface area contributed by atoms with Crippen LogP contribution in [0.5, 0.6) is 0 Å². The molecule has 0 aromatic heterocycles. The molecule has 3 aromatic carbocycles. The summed E-state index contributed by atoms with van der Waals surface area (Å²) in [6.45, 7) is 8.75. The zero-order chi connectivity index (χ0) is 16.5. The Morgan fingerprint density at radius 1 is 0.739 bits per heavy atom. The second kappa shape index (κ2) is 5.95. The van der Waals surface area contributed by atoms with Crippen molar-refractivity contribution in [1.82, 2.24) is 0 Å². The van der Waals surface area contributed by atoms with E-state index in [4.69, 9.17) is 4.43 Å². The topological polar surface area (TPSA) is 9.23 Å². The smallest absolute Gasteiger partial charge is 0.254 e. The normalized spacial score (nSPS) is 14.6. The molecule has 3 aromatic rings. The van der Waals surface area contributed by atoms with Crippen LogP contribution >= 0.6 is 0 Å². The van der Waals surface area contributed by atoms with Gasteiger partial charge < -0.3 is 4.43 Å². The van der Waals surface area contributed by atoms with Crippen molar-refractivity contribution in [3.63, 3.8) is 0 Å². The first kappa shape index (κ1) is 16.0. The molecule has 118 valence electrons. The highest BCUT2D eigenvalue weighted by atomic mass is 28.4. The van der Waals surface area contributed by atoms with Crippen molar-refractivity contribution in [2.45, 2.75) is 32.9 Å². The fourth-order valence-electron chi connectivity index (χ4n) is 3.28. The Morgan fingerprint density at radius 3 is 2.04 bits per heavy atom. The summed E-state index contributed by atoms with van der Waals surface area (Å²) in [5.74, 6) is 0. The van der Waals surface area contributed by atoms with Crippen molar-refractivity contribution >= 4 is 29.5 Å². The quantitative estimate of drug-likeness (QED) is 0.652. The van der Waals surface area contributed by atoms with Gasteiger partial charge in [-0.2, -0.15) is 0 Å². The van der Waals surface area contributed by atoms with Crippen molar-refractivity contribution in [3.8, 4) is 0 Å². The average molecular weight is 321 g/mol. The van der Waals surface area contributed by atoms with Crippen LogP contribution in [0.15, 0.2) is 72.8 Å². The van der Waals surface area contributed by atoms with E-state index in [-0.39, 0.29) is 5.60 Å². The third kappa shape index (κ3) is 3.24. The molecule has 2 heteroatoms. The predicted octanol–water partition coefficient (Wildman–Crippen LogP) is 4.34. The molecule has 23 heavy (non-hydrogen) atoms. The van der Waals surface area contributed by atoms with Gasteiger partial charge >= 0.3 is 0 Å². The molecule has 0 saturated carbocycles. The molecule has 0 spiro atoms. The van der Waals surface area contributed by atoms with E-state index in [0.29, 0.717) is 0 Å². The van der Waals surface area contributed by atoms with E-state index in [2.05, 4.69) is 100 Å². The van der Waals surface area contributed by atoms with E-state index in [1.54, 1.807) is 0 Å². The Morgan fingerprint density at radius 2 is 1.35 bits per heavy atom. The molecular formula is C21H24OSi. The van der Waals surface area contributed by atoms with Gasteiger partial charge in [0.05, 0.1) is 0 Å². The van der Waals surface area contributed by atoms with Gasteiger partial charge in [0.25, 0.3) is 8.32 Å². The van der Waals surface area contributed by atoms with Gasteiger partial charge in [-0.3, -0.25) is 0 Å². The molecule has 0 aliphatic heterocycles. The molecule has 3 rings (SSSR count). The highest BCUT2D eigenvalue weighted by molar-refractivity contribution is 6.98. The molecule has 0 bridgehead atoms. The van der Waals surface area contributed by atoms with Gasteiger partial charge in [0.15, 0.2) is 0 Å². The molecule has 1 nitrogen and oxygen atoms in total. The molecular weight excluding hydrogens is 296 g/mol. The second-order valence-corrected chi connectivity index (χ2v) is 10.5. The lowest BCUT2D eigenvalue weighted by Crippen LogP contribution is -2.61. The highest BCUT2D eigenvalue weighted by Gasteiger charge is 2.38. The SMILES string of the molecule is CC(C)(C)O[Si@@](C)(c1ccccc1)c1cccc2ccccc12. The van der Waals surface area contributed by atoms with Crippen molar-refractivity contribution in [1.29, 1.82) is 0 Å². The highest BCUT2D eigenvalue weighted by Crippen LogP contribution is 2.21. The Hall–Kier alpha value is -1.90. The van der Waals surface area contributed by atoms with Crippen LogP contribution in [0.4, 0.5) is 0 Å². The Kier molecular flexibility index (Phi) is 4.13. The Bertz CT molecular complexity index is 799. The molecule has 0 amide bonds. The standard InChI is InChI=1S/C21H24OSi/c1-21(2,3)22-23(4,18-13-6-5-7-14-18)20-16-10-12-17-11-8-9-15-19(17)20/h5-16H,1-4H3/t23-/m0/s1. The van der Waals surface area contributed by atoms with E-state index in [9.17, 15) is 0 Å². The lowest BCUT2D eigenvalue weighted by atomic mass is 10.1. The maximum absolute atomic E-state index is 6.74. The largest absolute Gasteiger partial charge is 0.404 e. The van der Waals surface area contributed by atoms with Gasteiger partial charge in [-0.1, -0.05) is 72.8 Å². The average Bonchev–Trinajstić information content (AvgIpc) is 2.53. The molecule has 0 unspecified atom stereocenters. The first-order valence-corrected chi connectivity index (χ1v) is 10.5. The summed E-state index contributed by atoms with van der Waals surface area (Å²) in [4.78, 5) is 0. The minimum Gasteiger partial charge on any atom is -0.404 e. The first-order chi connectivity index (χ1) is 10.9. The van der Waals surface area contributed by atoms with Crippen LogP contribution in [-0.4, -0.2) is 13.9 Å². The van der Waals surface area contributed by atoms with Crippen molar-refractivity contribution in [3.05, 3.63) is 72.8 Å². The summed E-state index contributed by atoms with van der Waals surface area (Å²) in [6.07, 6.45) is 0. The van der Waals surface area contributed by atoms with Crippen molar-refractivity contribution in [2.75, 3.05) is 0 Å². The van der Waals surface area contributed by atoms with Crippen LogP contribution < -0.4 is 10.4 Å². The van der Waals surface area contributed by atoms with E-state index in [0.717, 1.165) is 0 Å². The number of rotatable bonds is 3. The van der Waals surface area contributed by atoms with Crippen LogP contribution in [0.25, 0.3) is 10.8 Å². The van der Waals surface area contributed by atoms with Crippen LogP contribution in [0, 0.1) is 0 Å². The van der Waals surface area contributed by atoms with Gasteiger partial charge in [0.2, 0.25) is 0 Å². The summed E-state index contributed by atoms with van der Waals surface area (Å²) in [6, 6.07) is 25.9. The fraction of sp³-hybridized carbons (Fsp3) is 0.238. The number of benzene rings is 3. The van der Waals surface area contributed by atoms with E-state index >= 15 is 0 Å². The zero-order valence-corrected chi connectivity index (χ0v) is 15.3. The lowest BCUT2D eigenvalue weighted by Gasteiger charge is -2.36. The fourth-order valence-corrected chi connectivity index (χ4v) is 7.03. The molecule has 0 N–H and O–H groups in total. The summed E-state index contributed by atoms with van der Waals surface area (Å²) in [7, 11) is -2.30. The summed E-state index contributed by atoms with van der Waals surface area (Å²) >= 11 is 0. The van der Waals surface area contributed by atoms with Gasteiger partial charge in [-0.25, -0.2) is 0 Å². The van der Waals surface area contributed by atoms with Gasteiger partial charge in [0, 0.05) is 5.60 Å². The van der Waals surface area contributed by atoms with E-state index < -0.39 is 8.32 Å². The second-order valence-electron chi connectivity index (χ2n) is 7.14. The van der Waals surface area contributed by atoms with Crippen LogP contribution in [0.3, 0.4) is 0 Å². The van der Waals surface area contributed by atoms with Crippen LogP contribution in [0.1, 0.15) is 20.8 Å². The number of fused-ring (bicyclic) bond motifs is 1. The molecule has 0 aliphatic rings. The Labute approximate surface area is 140 Å². The monoisotopic (exact) mass is 320 g/mol. The van der Waals surface area contributed by atoms with Crippen molar-refractivity contribution in [2.24, 2.45) is 0 Å². The lowest BCUT2D eigenvalue weighted by molar-refractivity contribution is 0.127. The molecule has 0 fully saturated rings. The number of hydrogen-bond donors (Lipinski definition) is 0. The van der Waals surface area contributed by atoms with Crippen LogP contribution in [-0.2, 0) is 4.43 Å². The van der Waals surface area contributed by atoms with Gasteiger partial charge in [-0.05, 0) is 48.5 Å². The molecule has 0 saturated heterocycles. The minimum atomic E-state index is -2.30. The summed E-state index contributed by atoms with van der Waals surface area (Å²) in [5.41, 5.74) is -0.187. The maximum Gasteiger partial charge on any atom is 0.254 e. The van der Waals surface area contributed by atoms with Gasteiger partial charge in [-0.15, -0.1) is 0 Å². The summed E-state index contributed by atoms with van der Waals surface area (Å²) < 4.78 is 6.74. The third-order valence-corrected chi connectivity index (χ3v) is 8.06. The predicted molar refractivity (Wildman–Crippen MR) is 102 cm³/mol. The number of hydrogen-bond acceptors (Lipinski definition) is 1. The Balaban J connectivity index is 2.26. The van der Waals surface area contributed by atoms with Crippen LogP contribution in [0.2, 0.25) is 6.55 Å². The van der Waals surface area contributed by atoms with E-state index in [1.165, 1.54) is 21.1 Å². The molecule has 0 radical (unpaired) electrons. The van der Waals surface area contributed by atoms with Crippen molar-refractivity contribution < 1.29 is 4.43 Å². The molecule has 0 heterocycles. The molecule has 0 aliphatic carbocycles. The zero-order valence-electron chi connectivity index (χ0n) is 14.3. The first-order valence-electron chi connectivity index (χ1n) is 8.14. The molecule has 1 atom stereocenters. The van der Waals surface area contributed by atoms with E-state index in [1.807, 2.05) is 0 Å². The van der Waals surface area contributed by atoms with Gasteiger partial charge in [0.1, 0.15) is 0 Å².